The number of carbonyl (C=O) groups excluding carboxylic acids is 1. The number of nitrogens with one attached hydrogen (secondary N) is 2. The molecule has 0 saturated heterocycles. The van der Waals surface area contributed by atoms with Crippen molar-refractivity contribution in [3.8, 4) is 0 Å². The van der Waals surface area contributed by atoms with Crippen molar-refractivity contribution in [2.75, 3.05) is 0 Å². The van der Waals surface area contributed by atoms with Crippen molar-refractivity contribution in [3.63, 3.8) is 0 Å². The molecule has 6 heteroatoms. The second kappa shape index (κ2) is 6.03. The van der Waals surface area contributed by atoms with E-state index < -0.39 is 11.7 Å². The zero-order valence-corrected chi connectivity index (χ0v) is 12.8. The van der Waals surface area contributed by atoms with E-state index in [-0.39, 0.29) is 17.6 Å². The van der Waals surface area contributed by atoms with Crippen LogP contribution in [0.4, 0.5) is 13.2 Å². The first-order chi connectivity index (χ1) is 11.3. The van der Waals surface area contributed by atoms with Crippen LogP contribution < -0.4 is 5.32 Å². The number of benzene rings is 2. The number of rotatable bonds is 3. The maximum atomic E-state index is 12.8. The fraction of sp³-hybridized carbons (Fsp3) is 0.167. The van der Waals surface area contributed by atoms with Gasteiger partial charge in [0.1, 0.15) is 5.69 Å². The molecule has 0 fully saturated rings. The predicted octanol–water partition coefficient (Wildman–Crippen LogP) is 4.68. The molecule has 2 N–H and O–H groups in total. The Morgan fingerprint density at radius 1 is 1.08 bits per heavy atom. The first kappa shape index (κ1) is 16.1. The SMILES string of the molecule is CC(NC(=O)c1cc2cc(C(F)(F)F)ccc2[nH]1)c1ccccc1. The summed E-state index contributed by atoms with van der Waals surface area (Å²) in [5.74, 6) is -0.365. The van der Waals surface area contributed by atoms with E-state index in [1.165, 1.54) is 12.1 Å². The third-order valence-electron chi connectivity index (χ3n) is 3.84. The van der Waals surface area contributed by atoms with Gasteiger partial charge >= 0.3 is 6.18 Å². The molecule has 3 aromatic rings. The molecular formula is C18H15F3N2O. The first-order valence-electron chi connectivity index (χ1n) is 7.40. The van der Waals surface area contributed by atoms with Crippen molar-refractivity contribution in [1.82, 2.24) is 10.3 Å². The van der Waals surface area contributed by atoms with Gasteiger partial charge in [-0.2, -0.15) is 13.2 Å². The third-order valence-corrected chi connectivity index (χ3v) is 3.84. The van der Waals surface area contributed by atoms with Gasteiger partial charge in [-0.3, -0.25) is 4.79 Å². The number of halogens is 3. The van der Waals surface area contributed by atoms with Crippen LogP contribution in [0.15, 0.2) is 54.6 Å². The Labute approximate surface area is 136 Å². The number of hydrogen-bond acceptors (Lipinski definition) is 1. The molecule has 0 bridgehead atoms. The van der Waals surface area contributed by atoms with Crippen LogP contribution in [0.2, 0.25) is 0 Å². The van der Waals surface area contributed by atoms with E-state index in [1.54, 1.807) is 0 Å². The average Bonchev–Trinajstić information content (AvgIpc) is 2.98. The van der Waals surface area contributed by atoms with Gasteiger partial charge in [0.2, 0.25) is 0 Å². The van der Waals surface area contributed by atoms with E-state index in [0.717, 1.165) is 17.7 Å². The fourth-order valence-corrected chi connectivity index (χ4v) is 2.53. The highest BCUT2D eigenvalue weighted by atomic mass is 19.4. The van der Waals surface area contributed by atoms with E-state index in [0.29, 0.717) is 10.9 Å². The minimum atomic E-state index is -4.41. The van der Waals surface area contributed by atoms with Crippen LogP contribution in [0.25, 0.3) is 10.9 Å². The molecule has 3 rings (SSSR count). The van der Waals surface area contributed by atoms with E-state index in [1.807, 2.05) is 37.3 Å². The van der Waals surface area contributed by atoms with Crippen molar-refractivity contribution >= 4 is 16.8 Å². The summed E-state index contributed by atoms with van der Waals surface area (Å²) in [5, 5.41) is 3.18. The molecule has 0 aliphatic rings. The molecule has 1 amide bonds. The predicted molar refractivity (Wildman–Crippen MR) is 85.6 cm³/mol. The molecule has 0 aliphatic carbocycles. The number of carbonyl (C=O) groups is 1. The molecule has 124 valence electrons. The van der Waals surface area contributed by atoms with Crippen LogP contribution in [0.5, 0.6) is 0 Å². The Hall–Kier alpha value is -2.76. The van der Waals surface area contributed by atoms with Crippen LogP contribution in [0, 0.1) is 0 Å². The lowest BCUT2D eigenvalue weighted by atomic mass is 10.1. The van der Waals surface area contributed by atoms with Crippen LogP contribution >= 0.6 is 0 Å². The van der Waals surface area contributed by atoms with Crippen molar-refractivity contribution in [3.05, 3.63) is 71.4 Å². The van der Waals surface area contributed by atoms with Gasteiger partial charge in [0.25, 0.3) is 5.91 Å². The second-order valence-corrected chi connectivity index (χ2v) is 5.59. The normalized spacial score (nSPS) is 13.0. The smallest absolute Gasteiger partial charge is 0.351 e. The monoisotopic (exact) mass is 332 g/mol. The van der Waals surface area contributed by atoms with Crippen molar-refractivity contribution < 1.29 is 18.0 Å². The molecule has 0 aliphatic heterocycles. The molecule has 3 nitrogen and oxygen atoms in total. The lowest BCUT2D eigenvalue weighted by Crippen LogP contribution is -2.26. The van der Waals surface area contributed by atoms with Crippen molar-refractivity contribution in [2.45, 2.75) is 19.1 Å². The molecule has 1 unspecified atom stereocenters. The van der Waals surface area contributed by atoms with Crippen molar-refractivity contribution in [1.29, 1.82) is 0 Å². The summed E-state index contributed by atoms with van der Waals surface area (Å²) < 4.78 is 38.3. The third kappa shape index (κ3) is 3.27. The van der Waals surface area contributed by atoms with Crippen LogP contribution in [0.1, 0.15) is 34.6 Å². The highest BCUT2D eigenvalue weighted by Gasteiger charge is 2.30. The van der Waals surface area contributed by atoms with Gasteiger partial charge in [-0.05, 0) is 36.8 Å². The van der Waals surface area contributed by atoms with Crippen LogP contribution in [-0.4, -0.2) is 10.9 Å². The van der Waals surface area contributed by atoms with Crippen molar-refractivity contribution in [2.24, 2.45) is 0 Å². The number of H-pyrrole nitrogens is 1. The summed E-state index contributed by atoms with van der Waals surface area (Å²) >= 11 is 0. The highest BCUT2D eigenvalue weighted by Crippen LogP contribution is 2.31. The lowest BCUT2D eigenvalue weighted by molar-refractivity contribution is -0.137. The van der Waals surface area contributed by atoms with Gasteiger partial charge in [-0.15, -0.1) is 0 Å². The molecule has 24 heavy (non-hydrogen) atoms. The number of alkyl halides is 3. The van der Waals surface area contributed by atoms with Gasteiger partial charge < -0.3 is 10.3 Å². The van der Waals surface area contributed by atoms with E-state index in [9.17, 15) is 18.0 Å². The molecule has 1 heterocycles. The van der Waals surface area contributed by atoms with Gasteiger partial charge in [-0.1, -0.05) is 30.3 Å². The van der Waals surface area contributed by atoms with Crippen LogP contribution in [0.3, 0.4) is 0 Å². The molecule has 0 radical (unpaired) electrons. The van der Waals surface area contributed by atoms with E-state index in [2.05, 4.69) is 10.3 Å². The Morgan fingerprint density at radius 3 is 2.46 bits per heavy atom. The van der Waals surface area contributed by atoms with Gasteiger partial charge in [0, 0.05) is 10.9 Å². The summed E-state index contributed by atoms with van der Waals surface area (Å²) in [6.07, 6.45) is -4.41. The quantitative estimate of drug-likeness (QED) is 0.719. The Bertz CT molecular complexity index is 869. The van der Waals surface area contributed by atoms with Gasteiger partial charge in [0.15, 0.2) is 0 Å². The summed E-state index contributed by atoms with van der Waals surface area (Å²) in [6.45, 7) is 1.84. The molecule has 0 saturated carbocycles. The Morgan fingerprint density at radius 2 is 1.79 bits per heavy atom. The minimum Gasteiger partial charge on any atom is -0.351 e. The second-order valence-electron chi connectivity index (χ2n) is 5.59. The van der Waals surface area contributed by atoms with E-state index >= 15 is 0 Å². The van der Waals surface area contributed by atoms with Gasteiger partial charge in [-0.25, -0.2) is 0 Å². The molecule has 1 atom stereocenters. The summed E-state index contributed by atoms with van der Waals surface area (Å²) in [6, 6.07) is 14.0. The first-order valence-corrected chi connectivity index (χ1v) is 7.40. The number of amides is 1. The molecular weight excluding hydrogens is 317 g/mol. The molecule has 2 aromatic carbocycles. The zero-order valence-electron chi connectivity index (χ0n) is 12.8. The summed E-state index contributed by atoms with van der Waals surface area (Å²) in [5.41, 5.74) is 0.924. The van der Waals surface area contributed by atoms with Gasteiger partial charge in [0.05, 0.1) is 11.6 Å². The lowest BCUT2D eigenvalue weighted by Gasteiger charge is -2.13. The standard InChI is InChI=1S/C18H15F3N2O/c1-11(12-5-3-2-4-6-12)22-17(24)16-10-13-9-14(18(19,20)21)7-8-15(13)23-16/h2-11,23H,1H3,(H,22,24). The van der Waals surface area contributed by atoms with E-state index in [4.69, 9.17) is 0 Å². The summed E-state index contributed by atoms with van der Waals surface area (Å²) in [7, 11) is 0. The van der Waals surface area contributed by atoms with Crippen LogP contribution in [-0.2, 0) is 6.18 Å². The average molecular weight is 332 g/mol. The number of aromatic nitrogens is 1. The zero-order chi connectivity index (χ0) is 17.3. The largest absolute Gasteiger partial charge is 0.416 e. The Balaban J connectivity index is 1.83. The fourth-order valence-electron chi connectivity index (χ4n) is 2.53. The Kier molecular flexibility index (Phi) is 4.05. The summed E-state index contributed by atoms with van der Waals surface area (Å²) in [4.78, 5) is 15.2. The molecule has 0 spiro atoms. The molecule has 1 aromatic heterocycles. The number of aromatic amines is 1. The topological polar surface area (TPSA) is 44.9 Å². The maximum absolute atomic E-state index is 12.8. The number of hydrogen-bond donors (Lipinski definition) is 2. The number of fused-ring (bicyclic) bond motifs is 1. The highest BCUT2D eigenvalue weighted by molar-refractivity contribution is 5.98. The maximum Gasteiger partial charge on any atom is 0.416 e. The minimum absolute atomic E-state index is 0.212.